The van der Waals surface area contributed by atoms with E-state index in [1.807, 2.05) is 45.0 Å². The molecule has 7 heteroatoms. The molecule has 1 atom stereocenters. The van der Waals surface area contributed by atoms with Gasteiger partial charge in [0, 0.05) is 19.7 Å². The highest BCUT2D eigenvalue weighted by atomic mass is 19.1. The fourth-order valence-corrected chi connectivity index (χ4v) is 4.99. The van der Waals surface area contributed by atoms with Crippen LogP contribution in [0.1, 0.15) is 36.8 Å². The quantitative estimate of drug-likeness (QED) is 0.467. The second-order valence-electron chi connectivity index (χ2n) is 9.39. The summed E-state index contributed by atoms with van der Waals surface area (Å²) in [6, 6.07) is 14.4. The van der Waals surface area contributed by atoms with Crippen molar-refractivity contribution in [2.75, 3.05) is 6.61 Å². The molecular weight excluding hydrogens is 421 g/mol. The van der Waals surface area contributed by atoms with E-state index in [-0.39, 0.29) is 5.56 Å². The summed E-state index contributed by atoms with van der Waals surface area (Å²) in [6.07, 6.45) is -0.766. The predicted molar refractivity (Wildman–Crippen MR) is 126 cm³/mol. The van der Waals surface area contributed by atoms with Crippen LogP contribution in [0.4, 0.5) is 4.39 Å². The van der Waals surface area contributed by atoms with Crippen LogP contribution in [0.15, 0.2) is 58.1 Å². The molecule has 0 fully saturated rings. The van der Waals surface area contributed by atoms with Crippen molar-refractivity contribution in [1.29, 1.82) is 0 Å². The van der Waals surface area contributed by atoms with E-state index in [1.165, 1.54) is 17.7 Å². The van der Waals surface area contributed by atoms with Gasteiger partial charge in [-0.3, -0.25) is 13.9 Å². The highest BCUT2D eigenvalue weighted by Gasteiger charge is 2.41. The van der Waals surface area contributed by atoms with Gasteiger partial charge in [-0.15, -0.1) is 0 Å². The maximum Gasteiger partial charge on any atom is 0.331 e. The molecule has 0 N–H and O–H groups in total. The highest BCUT2D eigenvalue weighted by Crippen LogP contribution is 2.45. The molecule has 6 nitrogen and oxygen atoms in total. The van der Waals surface area contributed by atoms with Crippen molar-refractivity contribution < 1.29 is 9.13 Å². The van der Waals surface area contributed by atoms with Crippen molar-refractivity contribution in [2.45, 2.75) is 32.4 Å². The molecule has 0 saturated heterocycles. The highest BCUT2D eigenvalue weighted by molar-refractivity contribution is 5.97. The Labute approximate surface area is 190 Å². The molecule has 0 radical (unpaired) electrons. The third-order valence-corrected chi connectivity index (χ3v) is 6.54. The van der Waals surface area contributed by atoms with Crippen molar-refractivity contribution in [3.05, 3.63) is 92.0 Å². The molecule has 3 heterocycles. The second-order valence-corrected chi connectivity index (χ2v) is 9.39. The van der Waals surface area contributed by atoms with Gasteiger partial charge in [-0.05, 0) is 38.5 Å². The number of aromatic nitrogens is 3. The van der Waals surface area contributed by atoms with Gasteiger partial charge in [-0.25, -0.2) is 9.18 Å². The SMILES string of the molecule is Cc1cccc(-c2c3c(=O)n(C)c(=O)n(C)c3c3n2C(C)(C)COC3c2ccccc2F)c1. The van der Waals surface area contributed by atoms with Gasteiger partial charge in [0.05, 0.1) is 34.4 Å². The van der Waals surface area contributed by atoms with Crippen LogP contribution in [0.25, 0.3) is 22.2 Å². The van der Waals surface area contributed by atoms with Crippen LogP contribution in [-0.4, -0.2) is 20.3 Å². The number of halogens is 1. The minimum absolute atomic E-state index is 0.313. The van der Waals surface area contributed by atoms with Crippen molar-refractivity contribution in [1.82, 2.24) is 13.7 Å². The lowest BCUT2D eigenvalue weighted by Gasteiger charge is -2.39. The minimum atomic E-state index is -0.766. The summed E-state index contributed by atoms with van der Waals surface area (Å²) in [7, 11) is 3.13. The Hall–Kier alpha value is -3.45. The van der Waals surface area contributed by atoms with Gasteiger partial charge in [0.25, 0.3) is 5.56 Å². The fraction of sp³-hybridized carbons (Fsp3) is 0.308. The van der Waals surface area contributed by atoms with Gasteiger partial charge in [-0.2, -0.15) is 0 Å². The van der Waals surface area contributed by atoms with Crippen LogP contribution in [0.2, 0.25) is 0 Å². The number of nitrogens with zero attached hydrogens (tertiary/aromatic N) is 3. The fourth-order valence-electron chi connectivity index (χ4n) is 4.99. The average Bonchev–Trinajstić information content (AvgIpc) is 3.15. The average molecular weight is 448 g/mol. The third kappa shape index (κ3) is 3.03. The second kappa shape index (κ2) is 7.28. The van der Waals surface area contributed by atoms with E-state index in [4.69, 9.17) is 4.74 Å². The number of hydrogen-bond donors (Lipinski definition) is 0. The molecule has 0 aliphatic carbocycles. The van der Waals surface area contributed by atoms with Crippen molar-refractivity contribution in [2.24, 2.45) is 14.1 Å². The summed E-state index contributed by atoms with van der Waals surface area (Å²) in [5.41, 5.74) is 2.73. The standard InChI is InChI=1S/C26H26FN3O3/c1-15-9-8-10-16(13-15)20-19-21(28(4)25(32)29(5)24(19)31)22-23(17-11-6-7-12-18(17)27)33-14-26(2,3)30(20)22/h6-13,23H,14H2,1-5H3. The lowest BCUT2D eigenvalue weighted by Crippen LogP contribution is -2.40. The van der Waals surface area contributed by atoms with E-state index in [0.717, 1.165) is 21.4 Å². The van der Waals surface area contributed by atoms with Crippen molar-refractivity contribution >= 4 is 10.9 Å². The molecule has 2 aromatic heterocycles. The van der Waals surface area contributed by atoms with E-state index in [2.05, 4.69) is 4.57 Å². The number of benzene rings is 2. The number of ether oxygens (including phenoxy) is 1. The molecule has 33 heavy (non-hydrogen) atoms. The van der Waals surface area contributed by atoms with E-state index in [9.17, 15) is 14.0 Å². The smallest absolute Gasteiger partial charge is 0.331 e. The Morgan fingerprint density at radius 3 is 2.45 bits per heavy atom. The van der Waals surface area contributed by atoms with E-state index in [1.54, 1.807) is 25.2 Å². The largest absolute Gasteiger partial charge is 0.365 e. The predicted octanol–water partition coefficient (Wildman–Crippen LogP) is 4.01. The van der Waals surface area contributed by atoms with E-state index in [0.29, 0.717) is 28.8 Å². The van der Waals surface area contributed by atoms with Crippen molar-refractivity contribution in [3.63, 3.8) is 0 Å². The molecule has 0 saturated carbocycles. The van der Waals surface area contributed by atoms with Crippen LogP contribution < -0.4 is 11.2 Å². The summed E-state index contributed by atoms with van der Waals surface area (Å²) in [4.78, 5) is 26.5. The first kappa shape index (κ1) is 21.4. The first-order valence-corrected chi connectivity index (χ1v) is 10.9. The van der Waals surface area contributed by atoms with E-state index >= 15 is 0 Å². The lowest BCUT2D eigenvalue weighted by atomic mass is 9.97. The van der Waals surface area contributed by atoms with Crippen LogP contribution in [0.5, 0.6) is 0 Å². The summed E-state index contributed by atoms with van der Waals surface area (Å²) in [5.74, 6) is -0.394. The van der Waals surface area contributed by atoms with Gasteiger partial charge in [0.2, 0.25) is 0 Å². The Morgan fingerprint density at radius 2 is 1.76 bits per heavy atom. The van der Waals surface area contributed by atoms with E-state index < -0.39 is 23.1 Å². The lowest BCUT2D eigenvalue weighted by molar-refractivity contribution is -0.00855. The Kier molecular flexibility index (Phi) is 4.72. The third-order valence-electron chi connectivity index (χ3n) is 6.54. The molecule has 2 aromatic carbocycles. The Bertz CT molecular complexity index is 1540. The molecular formula is C26H26FN3O3. The van der Waals surface area contributed by atoms with Gasteiger partial charge in [0.1, 0.15) is 11.9 Å². The normalized spacial score (nSPS) is 17.3. The topological polar surface area (TPSA) is 58.2 Å². The zero-order valence-electron chi connectivity index (χ0n) is 19.3. The molecule has 1 aliphatic heterocycles. The zero-order chi connectivity index (χ0) is 23.7. The maximum atomic E-state index is 14.9. The van der Waals surface area contributed by atoms with Gasteiger partial charge >= 0.3 is 5.69 Å². The van der Waals surface area contributed by atoms with Crippen LogP contribution in [0, 0.1) is 12.7 Å². The molecule has 0 amide bonds. The number of aryl methyl sites for hydroxylation is 2. The number of rotatable bonds is 2. The van der Waals surface area contributed by atoms with Crippen LogP contribution >= 0.6 is 0 Å². The first-order valence-electron chi connectivity index (χ1n) is 10.9. The zero-order valence-corrected chi connectivity index (χ0v) is 19.3. The van der Waals surface area contributed by atoms with Gasteiger partial charge in [0.15, 0.2) is 0 Å². The maximum absolute atomic E-state index is 14.9. The Balaban J connectivity index is 2.04. The summed E-state index contributed by atoms with van der Waals surface area (Å²) < 4.78 is 25.9. The van der Waals surface area contributed by atoms with Gasteiger partial charge in [-0.1, -0.05) is 42.0 Å². The first-order chi connectivity index (χ1) is 15.6. The monoisotopic (exact) mass is 447 g/mol. The summed E-state index contributed by atoms with van der Waals surface area (Å²) in [5, 5.41) is 0.431. The molecule has 170 valence electrons. The molecule has 0 bridgehead atoms. The van der Waals surface area contributed by atoms with Crippen LogP contribution in [0.3, 0.4) is 0 Å². The van der Waals surface area contributed by atoms with Gasteiger partial charge < -0.3 is 9.30 Å². The molecule has 5 rings (SSSR count). The minimum Gasteiger partial charge on any atom is -0.365 e. The summed E-state index contributed by atoms with van der Waals surface area (Å²) in [6.45, 7) is 6.35. The molecule has 1 aliphatic rings. The molecule has 4 aromatic rings. The Morgan fingerprint density at radius 1 is 1.03 bits per heavy atom. The summed E-state index contributed by atoms with van der Waals surface area (Å²) >= 11 is 0. The van der Waals surface area contributed by atoms with Crippen molar-refractivity contribution in [3.8, 4) is 11.3 Å². The molecule has 0 spiro atoms. The molecule has 1 unspecified atom stereocenters. The van der Waals surface area contributed by atoms with Crippen LogP contribution in [-0.2, 0) is 24.4 Å². The number of fused-ring (bicyclic) bond motifs is 3. The number of hydrogen-bond acceptors (Lipinski definition) is 3.